The van der Waals surface area contributed by atoms with Gasteiger partial charge in [-0.1, -0.05) is 0 Å². The Balaban J connectivity index is 2.30. The molecule has 2 heterocycles. The highest BCUT2D eigenvalue weighted by atomic mass is 32.2. The van der Waals surface area contributed by atoms with E-state index in [-0.39, 0.29) is 22.4 Å². The minimum absolute atomic E-state index is 0.0162. The Kier molecular flexibility index (Phi) is 4.69. The van der Waals surface area contributed by atoms with Crippen molar-refractivity contribution in [3.63, 3.8) is 0 Å². The smallest absolute Gasteiger partial charge is 0.345 e. The number of aromatic carboxylic acids is 1. The van der Waals surface area contributed by atoms with Crippen LogP contribution >= 0.6 is 11.3 Å². The third kappa shape index (κ3) is 3.43. The molecule has 9 heteroatoms. The van der Waals surface area contributed by atoms with Gasteiger partial charge in [0.05, 0.1) is 11.0 Å². The normalized spacial score (nSPS) is 23.8. The van der Waals surface area contributed by atoms with E-state index in [4.69, 9.17) is 5.11 Å². The van der Waals surface area contributed by atoms with Crippen LogP contribution in [0, 0.1) is 0 Å². The van der Waals surface area contributed by atoms with Crippen LogP contribution in [-0.2, 0) is 10.0 Å². The van der Waals surface area contributed by atoms with E-state index in [1.54, 1.807) is 0 Å². The molecule has 118 valence electrons. The van der Waals surface area contributed by atoms with Gasteiger partial charge < -0.3 is 15.1 Å². The summed E-state index contributed by atoms with van der Waals surface area (Å²) in [6.45, 7) is 0.547. The molecule has 1 aliphatic rings. The highest BCUT2D eigenvalue weighted by Gasteiger charge is 2.40. The number of rotatable bonds is 5. The van der Waals surface area contributed by atoms with Crippen molar-refractivity contribution in [1.82, 2.24) is 9.21 Å². The van der Waals surface area contributed by atoms with Gasteiger partial charge in [0, 0.05) is 24.5 Å². The van der Waals surface area contributed by atoms with E-state index in [0.29, 0.717) is 13.0 Å². The molecule has 1 aromatic heterocycles. The zero-order valence-corrected chi connectivity index (χ0v) is 13.4. The van der Waals surface area contributed by atoms with Gasteiger partial charge in [0.15, 0.2) is 0 Å². The predicted octanol–water partition coefficient (Wildman–Crippen LogP) is 0.132. The van der Waals surface area contributed by atoms with Crippen LogP contribution in [0.4, 0.5) is 0 Å². The Labute approximate surface area is 127 Å². The second-order valence-electron chi connectivity index (χ2n) is 5.33. The van der Waals surface area contributed by atoms with Gasteiger partial charge in [-0.25, -0.2) is 13.2 Å². The number of carboxylic acids is 1. The molecule has 21 heavy (non-hydrogen) atoms. The summed E-state index contributed by atoms with van der Waals surface area (Å²) >= 11 is 0.881. The van der Waals surface area contributed by atoms with Gasteiger partial charge in [0.2, 0.25) is 10.0 Å². The molecular weight excluding hydrogens is 316 g/mol. The average molecular weight is 334 g/mol. The second kappa shape index (κ2) is 6.01. The second-order valence-corrected chi connectivity index (χ2v) is 8.13. The molecule has 1 aliphatic heterocycles. The lowest BCUT2D eigenvalue weighted by molar-refractivity contribution is 0.0702. The van der Waals surface area contributed by atoms with Crippen LogP contribution in [0.5, 0.6) is 0 Å². The van der Waals surface area contributed by atoms with Gasteiger partial charge in [-0.2, -0.15) is 4.31 Å². The first kappa shape index (κ1) is 16.4. The minimum Gasteiger partial charge on any atom is -0.477 e. The Bertz CT molecular complexity index is 625. The molecule has 0 amide bonds. The molecule has 1 fully saturated rings. The third-order valence-electron chi connectivity index (χ3n) is 3.31. The van der Waals surface area contributed by atoms with Crippen molar-refractivity contribution in [2.24, 2.45) is 0 Å². The summed E-state index contributed by atoms with van der Waals surface area (Å²) in [4.78, 5) is 12.7. The summed E-state index contributed by atoms with van der Waals surface area (Å²) in [5.41, 5.74) is 0. The molecule has 7 nitrogen and oxygen atoms in total. The van der Waals surface area contributed by atoms with Crippen LogP contribution in [0.25, 0.3) is 0 Å². The number of carbonyl (C=O) groups is 1. The molecule has 1 saturated heterocycles. The van der Waals surface area contributed by atoms with E-state index >= 15 is 0 Å². The molecule has 2 atom stereocenters. The molecule has 0 spiro atoms. The van der Waals surface area contributed by atoms with Gasteiger partial charge >= 0.3 is 5.97 Å². The summed E-state index contributed by atoms with van der Waals surface area (Å²) in [6.07, 6.45) is -0.310. The Hall–Kier alpha value is -1.00. The van der Waals surface area contributed by atoms with Crippen molar-refractivity contribution in [3.05, 3.63) is 16.3 Å². The van der Waals surface area contributed by atoms with E-state index in [9.17, 15) is 18.3 Å². The standard InChI is InChI=1S/C12H18N2O5S2/c1-13(2)5-8-3-9(15)6-14(8)21(18,19)10-4-11(12(16)17)20-7-10/h4,7-9,15H,3,5-6H2,1-2H3,(H,16,17). The molecule has 0 bridgehead atoms. The molecule has 0 saturated carbocycles. The topological polar surface area (TPSA) is 98.2 Å². The van der Waals surface area contributed by atoms with E-state index in [1.165, 1.54) is 15.8 Å². The van der Waals surface area contributed by atoms with Gasteiger partial charge in [-0.05, 0) is 26.6 Å². The third-order valence-corrected chi connectivity index (χ3v) is 6.27. The summed E-state index contributed by atoms with van der Waals surface area (Å²) in [6, 6.07) is 0.855. The summed E-state index contributed by atoms with van der Waals surface area (Å²) in [5, 5.41) is 20.0. The molecule has 0 radical (unpaired) electrons. The SMILES string of the molecule is CN(C)CC1CC(O)CN1S(=O)(=O)c1csc(C(=O)O)c1. The highest BCUT2D eigenvalue weighted by Crippen LogP contribution is 2.29. The highest BCUT2D eigenvalue weighted by molar-refractivity contribution is 7.89. The summed E-state index contributed by atoms with van der Waals surface area (Å²) < 4.78 is 26.5. The average Bonchev–Trinajstić information content (AvgIpc) is 2.95. The maximum Gasteiger partial charge on any atom is 0.345 e. The Morgan fingerprint density at radius 2 is 2.19 bits per heavy atom. The van der Waals surface area contributed by atoms with Gasteiger partial charge in [-0.15, -0.1) is 11.3 Å². The van der Waals surface area contributed by atoms with Gasteiger partial charge in [0.25, 0.3) is 0 Å². The molecule has 0 aliphatic carbocycles. The fourth-order valence-corrected chi connectivity index (χ4v) is 5.21. The number of likely N-dealkylation sites (N-methyl/N-ethyl adjacent to an activating group) is 1. The monoisotopic (exact) mass is 334 g/mol. The number of carboxylic acid groups (broad SMARTS) is 1. The minimum atomic E-state index is -3.79. The first-order valence-electron chi connectivity index (χ1n) is 6.38. The molecule has 2 unspecified atom stereocenters. The molecular formula is C12H18N2O5S2. The number of hydrogen-bond donors (Lipinski definition) is 2. The van der Waals surface area contributed by atoms with Crippen LogP contribution in [0.15, 0.2) is 16.3 Å². The number of hydrogen-bond acceptors (Lipinski definition) is 6. The lowest BCUT2D eigenvalue weighted by atomic mass is 10.2. The largest absolute Gasteiger partial charge is 0.477 e. The van der Waals surface area contributed by atoms with Crippen molar-refractivity contribution >= 4 is 27.3 Å². The Morgan fingerprint density at radius 3 is 2.71 bits per heavy atom. The lowest BCUT2D eigenvalue weighted by Gasteiger charge is -2.25. The van der Waals surface area contributed by atoms with Gasteiger partial charge in [-0.3, -0.25) is 0 Å². The molecule has 2 rings (SSSR count). The summed E-state index contributed by atoms with van der Waals surface area (Å²) in [7, 11) is -0.113. The van der Waals surface area contributed by atoms with Crippen LogP contribution in [-0.4, -0.2) is 73.1 Å². The fraction of sp³-hybridized carbons (Fsp3) is 0.583. The van der Waals surface area contributed by atoms with Crippen molar-refractivity contribution < 1.29 is 23.4 Å². The quantitative estimate of drug-likeness (QED) is 0.794. The summed E-state index contributed by atoms with van der Waals surface area (Å²) in [5.74, 6) is -1.15. The molecule has 0 aromatic carbocycles. The van der Waals surface area contributed by atoms with Crippen molar-refractivity contribution in [2.45, 2.75) is 23.5 Å². The molecule has 2 N–H and O–H groups in total. The van der Waals surface area contributed by atoms with Crippen LogP contribution in [0.3, 0.4) is 0 Å². The number of thiophene rings is 1. The van der Waals surface area contributed by atoms with E-state index in [0.717, 1.165) is 11.3 Å². The van der Waals surface area contributed by atoms with Crippen LogP contribution in [0.2, 0.25) is 0 Å². The number of sulfonamides is 1. The first-order valence-corrected chi connectivity index (χ1v) is 8.70. The van der Waals surface area contributed by atoms with Crippen molar-refractivity contribution in [2.75, 3.05) is 27.2 Å². The maximum absolute atomic E-state index is 12.6. The van der Waals surface area contributed by atoms with E-state index in [1.807, 2.05) is 19.0 Å². The fourth-order valence-electron chi connectivity index (χ4n) is 2.45. The zero-order chi connectivity index (χ0) is 15.8. The van der Waals surface area contributed by atoms with Crippen molar-refractivity contribution in [3.8, 4) is 0 Å². The predicted molar refractivity (Wildman–Crippen MR) is 78.1 cm³/mol. The van der Waals surface area contributed by atoms with Crippen LogP contribution < -0.4 is 0 Å². The lowest BCUT2D eigenvalue weighted by Crippen LogP contribution is -2.41. The van der Waals surface area contributed by atoms with Gasteiger partial charge in [0.1, 0.15) is 4.88 Å². The Morgan fingerprint density at radius 1 is 1.52 bits per heavy atom. The van der Waals surface area contributed by atoms with Crippen LogP contribution in [0.1, 0.15) is 16.1 Å². The number of nitrogens with zero attached hydrogens (tertiary/aromatic N) is 2. The first-order chi connectivity index (χ1) is 9.71. The van der Waals surface area contributed by atoms with E-state index in [2.05, 4.69) is 0 Å². The maximum atomic E-state index is 12.6. The number of β-amino-alcohol motifs (C(OH)–C–C–N with tert-alkyl or cyclic N) is 1. The van der Waals surface area contributed by atoms with E-state index < -0.39 is 22.1 Å². The zero-order valence-electron chi connectivity index (χ0n) is 11.8. The number of aliphatic hydroxyl groups is 1. The van der Waals surface area contributed by atoms with Crippen molar-refractivity contribution in [1.29, 1.82) is 0 Å². The number of aliphatic hydroxyl groups excluding tert-OH is 1. The molecule has 1 aromatic rings.